The number of hydrogen-bond acceptors (Lipinski definition) is 2. The Morgan fingerprint density at radius 3 is 2.12 bits per heavy atom. The second-order valence-corrected chi connectivity index (χ2v) is 2.84. The van der Waals surface area contributed by atoms with Gasteiger partial charge in [0.1, 0.15) is 5.82 Å². The fourth-order valence-electron chi connectivity index (χ4n) is 1.15. The summed E-state index contributed by atoms with van der Waals surface area (Å²) in [6.45, 7) is 13.4. The zero-order valence-electron chi connectivity index (χ0n) is 8.40. The molecule has 0 fully saturated rings. The average molecular weight is 222 g/mol. The minimum absolute atomic E-state index is 0.131. The third-order valence-electron chi connectivity index (χ3n) is 1.93. The first-order chi connectivity index (χ1) is 8.17. The summed E-state index contributed by atoms with van der Waals surface area (Å²) in [4.78, 5) is 5.83. The van der Waals surface area contributed by atoms with E-state index in [4.69, 9.17) is 23.7 Å². The van der Waals surface area contributed by atoms with Crippen molar-refractivity contribution in [2.45, 2.75) is 0 Å². The van der Waals surface area contributed by atoms with Gasteiger partial charge in [-0.3, -0.25) is 0 Å². The van der Waals surface area contributed by atoms with Gasteiger partial charge in [0.25, 0.3) is 11.4 Å². The maximum Gasteiger partial charge on any atom is 0.271 e. The van der Waals surface area contributed by atoms with E-state index in [1.165, 1.54) is 12.1 Å². The van der Waals surface area contributed by atoms with Gasteiger partial charge >= 0.3 is 0 Å². The van der Waals surface area contributed by atoms with Gasteiger partial charge in [0, 0.05) is 5.22 Å². The normalized spacial score (nSPS) is 12.3. The molecule has 0 amide bonds. The molecular formula is C12H3FN4. The maximum atomic E-state index is 13.6. The molecule has 1 aromatic carbocycles. The molecule has 0 aliphatic carbocycles. The Balaban J connectivity index is 3.78. The second-order valence-electron chi connectivity index (χ2n) is 2.84. The molecule has 0 aliphatic rings. The van der Waals surface area contributed by atoms with Gasteiger partial charge in [-0.2, -0.15) is 0 Å². The predicted molar refractivity (Wildman–Crippen MR) is 56.9 cm³/mol. The largest absolute Gasteiger partial charge is 0.271 e. The van der Waals surface area contributed by atoms with E-state index in [1.807, 2.05) is 0 Å². The van der Waals surface area contributed by atoms with Crippen LogP contribution >= 0.6 is 0 Å². The Morgan fingerprint density at radius 1 is 1.12 bits per heavy atom. The lowest BCUT2D eigenvalue weighted by atomic mass is 10.2. The molecule has 0 aromatic heterocycles. The van der Waals surface area contributed by atoms with E-state index in [-0.39, 0.29) is 21.8 Å². The molecule has 4 nitrogen and oxygen atoms in total. The molecule has 0 spiro atoms. The fourth-order valence-corrected chi connectivity index (χ4v) is 1.15. The highest BCUT2D eigenvalue weighted by Gasteiger charge is 2.02. The van der Waals surface area contributed by atoms with E-state index in [1.54, 1.807) is 12.1 Å². The summed E-state index contributed by atoms with van der Waals surface area (Å²) in [5, 5.41) is 17.2. The zero-order valence-corrected chi connectivity index (χ0v) is 8.40. The van der Waals surface area contributed by atoms with Crippen LogP contribution in [0.1, 0.15) is 0 Å². The molecule has 0 saturated carbocycles. The van der Waals surface area contributed by atoms with E-state index in [9.17, 15) is 4.39 Å². The SMILES string of the molecule is [C-]#[N+]/C(C#N)=c1/cc/c(=C(\C#N)[N+]#[C-])c(F)c1. The van der Waals surface area contributed by atoms with Crippen LogP contribution in [-0.4, -0.2) is 0 Å². The topological polar surface area (TPSA) is 56.3 Å². The summed E-state index contributed by atoms with van der Waals surface area (Å²) in [6, 6.07) is 6.72. The monoisotopic (exact) mass is 222 g/mol. The Bertz CT molecular complexity index is 716. The van der Waals surface area contributed by atoms with Crippen LogP contribution in [0.15, 0.2) is 18.2 Å². The fraction of sp³-hybridized carbons (Fsp3) is 0. The Hall–Kier alpha value is -3.15. The van der Waals surface area contributed by atoms with E-state index >= 15 is 0 Å². The van der Waals surface area contributed by atoms with Crippen molar-refractivity contribution in [3.63, 3.8) is 0 Å². The third-order valence-corrected chi connectivity index (χ3v) is 1.93. The maximum absolute atomic E-state index is 13.6. The first kappa shape index (κ1) is 11.9. The van der Waals surface area contributed by atoms with Crippen LogP contribution in [0.4, 0.5) is 4.39 Å². The lowest BCUT2D eigenvalue weighted by Crippen LogP contribution is -2.16. The zero-order chi connectivity index (χ0) is 12.8. The quantitative estimate of drug-likeness (QED) is 0.613. The van der Waals surface area contributed by atoms with E-state index in [0.717, 1.165) is 6.07 Å². The predicted octanol–water partition coefficient (Wildman–Crippen LogP) is 0.928. The number of rotatable bonds is 0. The van der Waals surface area contributed by atoms with Crippen LogP contribution in [0.25, 0.3) is 21.1 Å². The van der Waals surface area contributed by atoms with Gasteiger partial charge in [-0.05, 0) is 11.3 Å². The lowest BCUT2D eigenvalue weighted by molar-refractivity contribution is 0.617. The van der Waals surface area contributed by atoms with Crippen molar-refractivity contribution in [2.75, 3.05) is 0 Å². The van der Waals surface area contributed by atoms with E-state index in [0.29, 0.717) is 0 Å². The van der Waals surface area contributed by atoms with Crippen molar-refractivity contribution in [2.24, 2.45) is 0 Å². The molecule has 78 valence electrons. The highest BCUT2D eigenvalue weighted by molar-refractivity contribution is 5.67. The van der Waals surface area contributed by atoms with E-state index < -0.39 is 5.82 Å². The third kappa shape index (κ3) is 2.26. The molecule has 0 unspecified atom stereocenters. The van der Waals surface area contributed by atoms with Gasteiger partial charge in [0.05, 0.1) is 25.3 Å². The molecule has 0 atom stereocenters. The summed E-state index contributed by atoms with van der Waals surface area (Å²) in [5.74, 6) is -0.800. The Morgan fingerprint density at radius 2 is 1.71 bits per heavy atom. The van der Waals surface area contributed by atoms with Crippen LogP contribution < -0.4 is 10.4 Å². The van der Waals surface area contributed by atoms with Gasteiger partial charge in [-0.25, -0.2) is 24.6 Å². The van der Waals surface area contributed by atoms with Gasteiger partial charge in [-0.1, -0.05) is 12.1 Å². The first-order valence-corrected chi connectivity index (χ1v) is 4.27. The van der Waals surface area contributed by atoms with Crippen molar-refractivity contribution < 1.29 is 4.39 Å². The Labute approximate surface area is 96.4 Å². The van der Waals surface area contributed by atoms with Crippen LogP contribution in [-0.2, 0) is 0 Å². The molecule has 0 aliphatic heterocycles. The minimum atomic E-state index is -0.800. The van der Waals surface area contributed by atoms with E-state index in [2.05, 4.69) is 9.69 Å². The van der Waals surface area contributed by atoms with Crippen LogP contribution in [0, 0.1) is 41.6 Å². The van der Waals surface area contributed by atoms with Crippen LogP contribution in [0.5, 0.6) is 0 Å². The van der Waals surface area contributed by atoms with Gasteiger partial charge < -0.3 is 0 Å². The van der Waals surface area contributed by atoms with Gasteiger partial charge in [-0.15, -0.1) is 0 Å². The van der Waals surface area contributed by atoms with Crippen LogP contribution in [0.3, 0.4) is 0 Å². The standard InChI is InChI=1S/C12H3FN4/c1-16-11(6-14)8-3-4-9(10(13)5-8)12(7-15)17-2/h3-5H/b11-8-,12-9-. The molecule has 0 bridgehead atoms. The molecule has 1 rings (SSSR count). The first-order valence-electron chi connectivity index (χ1n) is 4.27. The number of hydrogen-bond donors (Lipinski definition) is 0. The highest BCUT2D eigenvalue weighted by atomic mass is 19.1. The van der Waals surface area contributed by atoms with Gasteiger partial charge in [0.15, 0.2) is 0 Å². The highest BCUT2D eigenvalue weighted by Crippen LogP contribution is 1.96. The molecule has 1 aromatic rings. The second kappa shape index (κ2) is 5.08. The summed E-state index contributed by atoms with van der Waals surface area (Å²) >= 11 is 0. The summed E-state index contributed by atoms with van der Waals surface area (Å²) in [6.07, 6.45) is 0. The number of halogens is 1. The number of nitrogens with zero attached hydrogens (tertiary/aromatic N) is 4. The molecular weight excluding hydrogens is 219 g/mol. The smallest absolute Gasteiger partial charge is 0.226 e. The van der Waals surface area contributed by atoms with Crippen LogP contribution in [0.2, 0.25) is 0 Å². The molecule has 5 heteroatoms. The minimum Gasteiger partial charge on any atom is -0.226 e. The molecule has 0 saturated heterocycles. The van der Waals surface area contributed by atoms with Crippen molar-refractivity contribution >= 4 is 11.4 Å². The average Bonchev–Trinajstić information content (AvgIpc) is 2.34. The molecule has 0 N–H and O–H groups in total. The number of benzene rings is 1. The van der Waals surface area contributed by atoms with Gasteiger partial charge in [0.2, 0.25) is 0 Å². The molecule has 17 heavy (non-hydrogen) atoms. The number of nitriles is 2. The summed E-state index contributed by atoms with van der Waals surface area (Å²) in [5.41, 5.74) is -0.605. The molecule has 0 heterocycles. The van der Waals surface area contributed by atoms with Crippen molar-refractivity contribution in [1.29, 1.82) is 10.5 Å². The van der Waals surface area contributed by atoms with Crippen molar-refractivity contribution in [3.8, 4) is 12.1 Å². The summed E-state index contributed by atoms with van der Waals surface area (Å²) < 4.78 is 13.6. The molecule has 0 radical (unpaired) electrons. The van der Waals surface area contributed by atoms with Crippen molar-refractivity contribution in [1.82, 2.24) is 0 Å². The Kier molecular flexibility index (Phi) is 3.56. The lowest BCUT2D eigenvalue weighted by Gasteiger charge is -1.92. The summed E-state index contributed by atoms with van der Waals surface area (Å²) in [7, 11) is 0. The van der Waals surface area contributed by atoms with Crippen molar-refractivity contribution in [3.05, 3.63) is 57.3 Å².